The summed E-state index contributed by atoms with van der Waals surface area (Å²) in [5.41, 5.74) is 3.70. The Morgan fingerprint density at radius 1 is 1.39 bits per heavy atom. The molecule has 1 atom stereocenters. The van der Waals surface area contributed by atoms with Crippen LogP contribution in [-0.2, 0) is 4.79 Å². The molecule has 0 fully saturated rings. The molecule has 4 nitrogen and oxygen atoms in total. The Morgan fingerprint density at radius 3 is 2.77 bits per heavy atom. The van der Waals surface area contributed by atoms with Gasteiger partial charge < -0.3 is 10.2 Å². The van der Waals surface area contributed by atoms with Crippen LogP contribution in [0, 0.1) is 11.3 Å². The molecule has 1 N–H and O–H groups in total. The zero-order valence-electron chi connectivity index (χ0n) is 18.3. The van der Waals surface area contributed by atoms with E-state index in [1.165, 1.54) is 5.56 Å². The first-order valence-electron chi connectivity index (χ1n) is 10.5. The number of anilines is 2. The van der Waals surface area contributed by atoms with Gasteiger partial charge in [0.05, 0.1) is 0 Å². The van der Waals surface area contributed by atoms with Crippen molar-refractivity contribution in [3.05, 3.63) is 62.6 Å². The summed E-state index contributed by atoms with van der Waals surface area (Å²) in [6, 6.07) is 13.3. The first kappa shape index (κ1) is 23.4. The minimum atomic E-state index is -0.462. The van der Waals surface area contributed by atoms with Crippen molar-refractivity contribution in [2.75, 3.05) is 16.8 Å². The van der Waals surface area contributed by atoms with Gasteiger partial charge in [-0.3, -0.25) is 4.79 Å². The maximum Gasteiger partial charge on any atom is 0.266 e. The van der Waals surface area contributed by atoms with E-state index in [0.717, 1.165) is 29.5 Å². The summed E-state index contributed by atoms with van der Waals surface area (Å²) in [5, 5.41) is 12.9. The normalized spacial score (nSPS) is 17.6. The van der Waals surface area contributed by atoms with Crippen LogP contribution in [0.1, 0.15) is 57.6 Å². The van der Waals surface area contributed by atoms with Crippen molar-refractivity contribution in [1.29, 1.82) is 5.26 Å². The van der Waals surface area contributed by atoms with Gasteiger partial charge in [-0.05, 0) is 80.1 Å². The molecule has 0 saturated heterocycles. The second-order valence-corrected chi connectivity index (χ2v) is 9.96. The van der Waals surface area contributed by atoms with Crippen LogP contribution in [0.25, 0.3) is 6.08 Å². The van der Waals surface area contributed by atoms with Crippen LogP contribution >= 0.6 is 27.5 Å². The largest absolute Gasteiger partial charge is 0.366 e. The topological polar surface area (TPSA) is 56.1 Å². The zero-order valence-corrected chi connectivity index (χ0v) is 20.6. The van der Waals surface area contributed by atoms with Gasteiger partial charge in [-0.15, -0.1) is 0 Å². The van der Waals surface area contributed by atoms with Gasteiger partial charge in [0, 0.05) is 33.0 Å². The van der Waals surface area contributed by atoms with Crippen molar-refractivity contribution in [3.8, 4) is 6.07 Å². The van der Waals surface area contributed by atoms with Crippen LogP contribution in [0.2, 0.25) is 5.02 Å². The van der Waals surface area contributed by atoms with E-state index in [9.17, 15) is 10.1 Å². The molecule has 0 aromatic heterocycles. The molecule has 1 aliphatic rings. The third kappa shape index (κ3) is 5.14. The van der Waals surface area contributed by atoms with Gasteiger partial charge in [-0.25, -0.2) is 0 Å². The number of benzene rings is 2. The molecule has 1 amide bonds. The van der Waals surface area contributed by atoms with E-state index in [1.54, 1.807) is 18.2 Å². The van der Waals surface area contributed by atoms with E-state index in [2.05, 4.69) is 53.8 Å². The maximum atomic E-state index is 12.7. The minimum Gasteiger partial charge on any atom is -0.366 e. The summed E-state index contributed by atoms with van der Waals surface area (Å²) in [4.78, 5) is 15.1. The maximum absolute atomic E-state index is 12.7. The number of nitriles is 1. The van der Waals surface area contributed by atoms with Crippen LogP contribution < -0.4 is 10.2 Å². The average Bonchev–Trinajstić information content (AvgIpc) is 2.69. The van der Waals surface area contributed by atoms with E-state index >= 15 is 0 Å². The molecule has 6 heteroatoms. The summed E-state index contributed by atoms with van der Waals surface area (Å²) in [6.45, 7) is 9.89. The molecule has 2 aromatic carbocycles. The number of halogens is 2. The standard InChI is InChI=1S/C25H27BrClN3O/c1-5-9-30-23-13-22(27)17(11-21(23)16(2)14-25(30,3)4)10-18(15-28)24(31)29-20-8-6-7-19(26)12-20/h6-8,10-13,16H,5,9,14H2,1-4H3,(H,29,31)/b18-10+. The molecule has 0 radical (unpaired) electrons. The lowest BCUT2D eigenvalue weighted by atomic mass is 9.79. The van der Waals surface area contributed by atoms with Gasteiger partial charge in [0.15, 0.2) is 0 Å². The molecule has 3 rings (SSSR count). The van der Waals surface area contributed by atoms with Gasteiger partial charge in [-0.2, -0.15) is 5.26 Å². The van der Waals surface area contributed by atoms with Crippen molar-refractivity contribution in [3.63, 3.8) is 0 Å². The van der Waals surface area contributed by atoms with E-state index in [-0.39, 0.29) is 11.1 Å². The van der Waals surface area contributed by atoms with Crippen molar-refractivity contribution in [2.45, 2.75) is 52.0 Å². The zero-order chi connectivity index (χ0) is 22.8. The van der Waals surface area contributed by atoms with E-state index < -0.39 is 5.91 Å². The fourth-order valence-electron chi connectivity index (χ4n) is 4.35. The molecule has 0 bridgehead atoms. The van der Waals surface area contributed by atoms with E-state index in [4.69, 9.17) is 11.6 Å². The van der Waals surface area contributed by atoms with Crippen LogP contribution in [0.15, 0.2) is 46.4 Å². The number of carbonyl (C=O) groups is 1. The Labute approximate surface area is 198 Å². The number of amides is 1. The molecule has 2 aromatic rings. The fourth-order valence-corrected chi connectivity index (χ4v) is 4.96. The number of nitrogens with one attached hydrogen (secondary N) is 1. The van der Waals surface area contributed by atoms with Crippen molar-refractivity contribution < 1.29 is 4.79 Å². The van der Waals surface area contributed by atoms with Gasteiger partial charge >= 0.3 is 0 Å². The van der Waals surface area contributed by atoms with Crippen molar-refractivity contribution >= 4 is 50.9 Å². The Morgan fingerprint density at radius 2 is 2.13 bits per heavy atom. The summed E-state index contributed by atoms with van der Waals surface area (Å²) in [6.07, 6.45) is 3.65. The smallest absolute Gasteiger partial charge is 0.266 e. The molecule has 1 unspecified atom stereocenters. The van der Waals surface area contributed by atoms with Crippen molar-refractivity contribution in [1.82, 2.24) is 0 Å². The Balaban J connectivity index is 1.97. The molecular formula is C25H27BrClN3O. The highest BCUT2D eigenvalue weighted by molar-refractivity contribution is 9.10. The second kappa shape index (κ2) is 9.46. The SMILES string of the molecule is CCCN1c2cc(Cl)c(/C=C(\C#N)C(=O)Nc3cccc(Br)c3)cc2C(C)CC1(C)C. The van der Waals surface area contributed by atoms with Crippen LogP contribution in [0.4, 0.5) is 11.4 Å². The lowest BCUT2D eigenvalue weighted by molar-refractivity contribution is -0.112. The van der Waals surface area contributed by atoms with Gasteiger partial charge in [0.25, 0.3) is 5.91 Å². The molecular weight excluding hydrogens is 474 g/mol. The average molecular weight is 501 g/mol. The predicted octanol–water partition coefficient (Wildman–Crippen LogP) is 7.15. The monoisotopic (exact) mass is 499 g/mol. The lowest BCUT2D eigenvalue weighted by Gasteiger charge is -2.47. The molecule has 0 spiro atoms. The molecule has 1 aliphatic heterocycles. The van der Waals surface area contributed by atoms with E-state index in [1.807, 2.05) is 30.3 Å². The number of rotatable bonds is 5. The van der Waals surface area contributed by atoms with Crippen LogP contribution in [0.5, 0.6) is 0 Å². The summed E-state index contributed by atoms with van der Waals surface area (Å²) < 4.78 is 0.846. The highest BCUT2D eigenvalue weighted by Gasteiger charge is 2.36. The van der Waals surface area contributed by atoms with Gasteiger partial charge in [0.2, 0.25) is 0 Å². The van der Waals surface area contributed by atoms with Crippen LogP contribution in [0.3, 0.4) is 0 Å². The minimum absolute atomic E-state index is 0.0102. The first-order chi connectivity index (χ1) is 14.7. The molecule has 162 valence electrons. The third-order valence-corrected chi connectivity index (χ3v) is 6.52. The predicted molar refractivity (Wildman–Crippen MR) is 133 cm³/mol. The highest BCUT2D eigenvalue weighted by Crippen LogP contribution is 2.45. The quantitative estimate of drug-likeness (QED) is 0.350. The molecule has 0 saturated carbocycles. The first-order valence-corrected chi connectivity index (χ1v) is 11.6. The summed E-state index contributed by atoms with van der Waals surface area (Å²) in [5.74, 6) is -0.111. The van der Waals surface area contributed by atoms with Gasteiger partial charge in [-0.1, -0.05) is 47.4 Å². The van der Waals surface area contributed by atoms with Crippen molar-refractivity contribution in [2.24, 2.45) is 0 Å². The number of nitrogens with zero attached hydrogens (tertiary/aromatic N) is 2. The summed E-state index contributed by atoms with van der Waals surface area (Å²) >= 11 is 10.0. The van der Waals surface area contributed by atoms with Gasteiger partial charge in [0.1, 0.15) is 11.6 Å². The highest BCUT2D eigenvalue weighted by atomic mass is 79.9. The number of fused-ring (bicyclic) bond motifs is 1. The Kier molecular flexibility index (Phi) is 7.13. The lowest BCUT2D eigenvalue weighted by Crippen LogP contribution is -2.48. The molecule has 1 heterocycles. The Hall–Kier alpha value is -2.29. The fraction of sp³-hybridized carbons (Fsp3) is 0.360. The number of hydrogen-bond acceptors (Lipinski definition) is 3. The molecule has 0 aliphatic carbocycles. The second-order valence-electron chi connectivity index (χ2n) is 8.64. The number of carbonyl (C=O) groups excluding carboxylic acids is 1. The number of hydrogen-bond donors (Lipinski definition) is 1. The molecule has 31 heavy (non-hydrogen) atoms. The van der Waals surface area contributed by atoms with Crippen LogP contribution in [-0.4, -0.2) is 18.0 Å². The third-order valence-electron chi connectivity index (χ3n) is 5.70. The summed E-state index contributed by atoms with van der Waals surface area (Å²) in [7, 11) is 0. The Bertz CT molecular complexity index is 1070. The van der Waals surface area contributed by atoms with E-state index in [0.29, 0.717) is 22.2 Å².